The average molecular weight is 303 g/mol. The fraction of sp³-hybridized carbons (Fsp3) is 0.133. The quantitative estimate of drug-likeness (QED) is 0.622. The predicted molar refractivity (Wildman–Crippen MR) is 78.5 cm³/mol. The summed E-state index contributed by atoms with van der Waals surface area (Å²) >= 11 is 5.86. The highest BCUT2D eigenvalue weighted by Gasteiger charge is 2.12. The predicted octanol–water partition coefficient (Wildman–Crippen LogP) is 3.74. The van der Waals surface area contributed by atoms with Crippen LogP contribution in [0.25, 0.3) is 0 Å². The van der Waals surface area contributed by atoms with Gasteiger partial charge in [0.15, 0.2) is 0 Å². The van der Waals surface area contributed by atoms with E-state index < -0.39 is 4.92 Å². The van der Waals surface area contributed by atoms with Crippen molar-refractivity contribution in [2.24, 2.45) is 0 Å². The molecule has 0 unspecified atom stereocenters. The summed E-state index contributed by atoms with van der Waals surface area (Å²) in [5, 5.41) is 20.4. The van der Waals surface area contributed by atoms with E-state index in [0.717, 1.165) is 0 Å². The third-order valence-electron chi connectivity index (χ3n) is 2.88. The Kier molecular flexibility index (Phi) is 4.75. The van der Waals surface area contributed by atoms with E-state index in [2.05, 4.69) is 0 Å². The highest BCUT2D eigenvalue weighted by atomic mass is 35.5. The summed E-state index contributed by atoms with van der Waals surface area (Å²) in [7, 11) is 0. The smallest absolute Gasteiger partial charge is 0.272 e. The van der Waals surface area contributed by atoms with Gasteiger partial charge in [0, 0.05) is 29.1 Å². The van der Waals surface area contributed by atoms with Gasteiger partial charge in [-0.1, -0.05) is 29.8 Å². The highest BCUT2D eigenvalue weighted by Crippen LogP contribution is 2.24. The molecule has 2 aromatic carbocycles. The molecule has 21 heavy (non-hydrogen) atoms. The van der Waals surface area contributed by atoms with E-state index in [1.165, 1.54) is 6.07 Å². The molecule has 0 heterocycles. The van der Waals surface area contributed by atoms with Crippen LogP contribution in [0.5, 0.6) is 5.75 Å². The minimum Gasteiger partial charge on any atom is -0.492 e. The van der Waals surface area contributed by atoms with Gasteiger partial charge in [-0.2, -0.15) is 5.26 Å². The summed E-state index contributed by atoms with van der Waals surface area (Å²) in [6.45, 7) is 0.222. The summed E-state index contributed by atoms with van der Waals surface area (Å²) in [6.07, 6.45) is 0.370. The molecule has 6 heteroatoms. The van der Waals surface area contributed by atoms with E-state index in [0.29, 0.717) is 28.3 Å². The highest BCUT2D eigenvalue weighted by molar-refractivity contribution is 6.30. The molecule has 0 amide bonds. The lowest BCUT2D eigenvalue weighted by molar-refractivity contribution is -0.385. The zero-order valence-electron chi connectivity index (χ0n) is 11.0. The number of nitro benzene ring substituents is 1. The Labute approximate surface area is 126 Å². The van der Waals surface area contributed by atoms with Crippen LogP contribution in [0.4, 0.5) is 5.69 Å². The van der Waals surface area contributed by atoms with Gasteiger partial charge in [-0.25, -0.2) is 0 Å². The number of nitrogens with zero attached hydrogens (tertiary/aromatic N) is 2. The van der Waals surface area contributed by atoms with Gasteiger partial charge in [0.2, 0.25) is 0 Å². The Hall–Kier alpha value is -2.58. The van der Waals surface area contributed by atoms with Crippen LogP contribution in [0.15, 0.2) is 42.5 Å². The Bertz CT molecular complexity index is 710. The van der Waals surface area contributed by atoms with Crippen molar-refractivity contribution in [1.82, 2.24) is 0 Å². The summed E-state index contributed by atoms with van der Waals surface area (Å²) < 4.78 is 5.52. The molecule has 0 aliphatic rings. The maximum absolute atomic E-state index is 10.9. The third-order valence-corrected chi connectivity index (χ3v) is 3.12. The first-order chi connectivity index (χ1) is 10.1. The van der Waals surface area contributed by atoms with E-state index in [4.69, 9.17) is 21.6 Å². The van der Waals surface area contributed by atoms with Crippen molar-refractivity contribution in [3.63, 3.8) is 0 Å². The van der Waals surface area contributed by atoms with E-state index in [1.54, 1.807) is 36.4 Å². The number of nitro groups is 1. The number of hydrogen-bond acceptors (Lipinski definition) is 4. The number of nitriles is 1. The Morgan fingerprint density at radius 2 is 2.05 bits per heavy atom. The first kappa shape index (κ1) is 14.8. The van der Waals surface area contributed by atoms with E-state index in [1.807, 2.05) is 6.07 Å². The SMILES string of the molecule is N#Cc1ccc(Cl)cc1OCCc1ccccc1[N+](=O)[O-]. The fourth-order valence-electron chi connectivity index (χ4n) is 1.88. The first-order valence-electron chi connectivity index (χ1n) is 6.16. The van der Waals surface area contributed by atoms with Crippen molar-refractivity contribution >= 4 is 17.3 Å². The number of halogens is 1. The van der Waals surface area contributed by atoms with Gasteiger partial charge in [-0.3, -0.25) is 10.1 Å². The molecule has 0 saturated heterocycles. The molecule has 0 atom stereocenters. The molecule has 106 valence electrons. The van der Waals surface area contributed by atoms with Crippen molar-refractivity contribution in [2.75, 3.05) is 6.61 Å². The molecule has 2 aromatic rings. The van der Waals surface area contributed by atoms with Crippen LogP contribution in [-0.4, -0.2) is 11.5 Å². The fourth-order valence-corrected chi connectivity index (χ4v) is 2.04. The Morgan fingerprint density at radius 3 is 2.76 bits per heavy atom. The molecule has 0 aliphatic heterocycles. The van der Waals surface area contributed by atoms with E-state index in [-0.39, 0.29) is 12.3 Å². The maximum atomic E-state index is 10.9. The summed E-state index contributed by atoms with van der Waals surface area (Å²) in [4.78, 5) is 10.5. The molecule has 5 nitrogen and oxygen atoms in total. The molecule has 2 rings (SSSR count). The molecule has 0 aliphatic carbocycles. The molecule has 0 spiro atoms. The standard InChI is InChI=1S/C15H11ClN2O3/c16-13-6-5-12(10-17)15(9-13)21-8-7-11-3-1-2-4-14(11)18(19)20/h1-6,9H,7-8H2. The summed E-state index contributed by atoms with van der Waals surface area (Å²) in [5.41, 5.74) is 1.03. The average Bonchev–Trinajstić information content (AvgIpc) is 2.48. The van der Waals surface area contributed by atoms with Crippen molar-refractivity contribution in [3.05, 3.63) is 68.7 Å². The van der Waals surface area contributed by atoms with E-state index >= 15 is 0 Å². The Morgan fingerprint density at radius 1 is 1.29 bits per heavy atom. The van der Waals surface area contributed by atoms with Gasteiger partial charge in [0.25, 0.3) is 5.69 Å². The molecular formula is C15H11ClN2O3. The van der Waals surface area contributed by atoms with Crippen LogP contribution in [0.1, 0.15) is 11.1 Å². The molecular weight excluding hydrogens is 292 g/mol. The topological polar surface area (TPSA) is 76.2 Å². The summed E-state index contributed by atoms with van der Waals surface area (Å²) in [6, 6.07) is 13.2. The normalized spacial score (nSPS) is 9.90. The van der Waals surface area contributed by atoms with E-state index in [9.17, 15) is 10.1 Å². The van der Waals surface area contributed by atoms with Gasteiger partial charge in [0.1, 0.15) is 11.8 Å². The number of hydrogen-bond donors (Lipinski definition) is 0. The van der Waals surface area contributed by atoms with Crippen molar-refractivity contribution in [3.8, 4) is 11.8 Å². The zero-order chi connectivity index (χ0) is 15.2. The summed E-state index contributed by atoms with van der Waals surface area (Å²) in [5.74, 6) is 0.378. The molecule has 0 bridgehead atoms. The van der Waals surface area contributed by atoms with Gasteiger partial charge in [-0.05, 0) is 12.1 Å². The van der Waals surface area contributed by atoms with Crippen molar-refractivity contribution in [2.45, 2.75) is 6.42 Å². The monoisotopic (exact) mass is 302 g/mol. The second-order valence-electron chi connectivity index (χ2n) is 4.24. The van der Waals surface area contributed by atoms with Crippen LogP contribution < -0.4 is 4.74 Å². The molecule has 0 fully saturated rings. The van der Waals surface area contributed by atoms with Crippen LogP contribution in [0.3, 0.4) is 0 Å². The van der Waals surface area contributed by atoms with Crippen molar-refractivity contribution in [1.29, 1.82) is 5.26 Å². The van der Waals surface area contributed by atoms with Gasteiger partial charge >= 0.3 is 0 Å². The molecule has 0 aromatic heterocycles. The minimum atomic E-state index is -0.421. The Balaban J connectivity index is 2.08. The maximum Gasteiger partial charge on any atom is 0.272 e. The number of para-hydroxylation sites is 1. The number of rotatable bonds is 5. The molecule has 0 saturated carbocycles. The third kappa shape index (κ3) is 3.71. The van der Waals surface area contributed by atoms with Crippen LogP contribution in [-0.2, 0) is 6.42 Å². The first-order valence-corrected chi connectivity index (χ1v) is 6.54. The van der Waals surface area contributed by atoms with Gasteiger partial charge < -0.3 is 4.74 Å². The molecule has 0 N–H and O–H groups in total. The van der Waals surface area contributed by atoms with Crippen LogP contribution in [0.2, 0.25) is 5.02 Å². The van der Waals surface area contributed by atoms with Gasteiger partial charge in [0.05, 0.1) is 17.1 Å². The second-order valence-corrected chi connectivity index (χ2v) is 4.67. The number of ether oxygens (including phenoxy) is 1. The van der Waals surface area contributed by atoms with Crippen LogP contribution in [0, 0.1) is 21.4 Å². The largest absolute Gasteiger partial charge is 0.492 e. The van der Waals surface area contributed by atoms with Crippen LogP contribution >= 0.6 is 11.6 Å². The second kappa shape index (κ2) is 6.73. The van der Waals surface area contributed by atoms with Gasteiger partial charge in [-0.15, -0.1) is 0 Å². The lowest BCUT2D eigenvalue weighted by atomic mass is 10.1. The minimum absolute atomic E-state index is 0.0627. The number of benzene rings is 2. The van der Waals surface area contributed by atoms with Crippen molar-refractivity contribution < 1.29 is 9.66 Å². The lowest BCUT2D eigenvalue weighted by Gasteiger charge is -2.08. The molecule has 0 radical (unpaired) electrons. The zero-order valence-corrected chi connectivity index (χ0v) is 11.7. The lowest BCUT2D eigenvalue weighted by Crippen LogP contribution is -2.04.